The van der Waals surface area contributed by atoms with Crippen LogP contribution >= 0.6 is 12.2 Å². The van der Waals surface area contributed by atoms with Crippen LogP contribution in [-0.2, 0) is 6.18 Å². The minimum absolute atomic E-state index is 0.289. The minimum Gasteiger partial charge on any atom is -0.250 e. The van der Waals surface area contributed by atoms with Crippen molar-refractivity contribution in [1.29, 1.82) is 0 Å². The van der Waals surface area contributed by atoms with E-state index < -0.39 is 11.7 Å². The number of rotatable bonds is 3. The molecule has 4 nitrogen and oxygen atoms in total. The van der Waals surface area contributed by atoms with Crippen molar-refractivity contribution in [2.45, 2.75) is 6.18 Å². The van der Waals surface area contributed by atoms with Crippen LogP contribution in [0.3, 0.4) is 0 Å². The largest absolute Gasteiger partial charge is 0.416 e. The second-order valence-electron chi connectivity index (χ2n) is 4.89. The molecular formula is C16H11F3N4S. The van der Waals surface area contributed by atoms with Gasteiger partial charge in [0.25, 0.3) is 0 Å². The number of halogens is 3. The summed E-state index contributed by atoms with van der Waals surface area (Å²) in [6.45, 7) is 0. The third kappa shape index (κ3) is 3.43. The van der Waals surface area contributed by atoms with E-state index in [4.69, 9.17) is 12.2 Å². The van der Waals surface area contributed by atoms with Crippen molar-refractivity contribution in [3.8, 4) is 11.4 Å². The number of alkyl halides is 3. The molecule has 122 valence electrons. The van der Waals surface area contributed by atoms with Gasteiger partial charge in [0.2, 0.25) is 4.77 Å². The van der Waals surface area contributed by atoms with Crippen LogP contribution in [0.4, 0.5) is 13.2 Å². The molecule has 24 heavy (non-hydrogen) atoms. The number of nitrogens with zero attached hydrogens (tertiary/aromatic N) is 3. The van der Waals surface area contributed by atoms with Gasteiger partial charge in [-0.1, -0.05) is 42.5 Å². The number of hydrogen-bond donors (Lipinski definition) is 1. The highest BCUT2D eigenvalue weighted by molar-refractivity contribution is 7.71. The van der Waals surface area contributed by atoms with Crippen LogP contribution in [0.1, 0.15) is 11.1 Å². The molecule has 0 amide bonds. The maximum absolute atomic E-state index is 12.6. The Morgan fingerprint density at radius 1 is 1.04 bits per heavy atom. The zero-order valence-corrected chi connectivity index (χ0v) is 13.0. The van der Waals surface area contributed by atoms with Crippen LogP contribution in [0, 0.1) is 4.77 Å². The predicted molar refractivity (Wildman–Crippen MR) is 87.3 cm³/mol. The van der Waals surface area contributed by atoms with E-state index in [0.29, 0.717) is 11.4 Å². The maximum atomic E-state index is 12.6. The first kappa shape index (κ1) is 16.1. The van der Waals surface area contributed by atoms with Gasteiger partial charge in [-0.3, -0.25) is 0 Å². The zero-order chi connectivity index (χ0) is 17.2. The molecule has 1 heterocycles. The average Bonchev–Trinajstić information content (AvgIpc) is 2.94. The van der Waals surface area contributed by atoms with Crippen molar-refractivity contribution < 1.29 is 13.2 Å². The van der Waals surface area contributed by atoms with E-state index in [1.54, 1.807) is 0 Å². The molecule has 8 heteroatoms. The number of H-pyrrole nitrogens is 1. The molecule has 0 aliphatic carbocycles. The Kier molecular flexibility index (Phi) is 4.30. The van der Waals surface area contributed by atoms with Crippen LogP contribution in [-0.4, -0.2) is 21.1 Å². The van der Waals surface area contributed by atoms with Crippen molar-refractivity contribution in [1.82, 2.24) is 14.9 Å². The summed E-state index contributed by atoms with van der Waals surface area (Å²) in [6, 6.07) is 14.0. The van der Waals surface area contributed by atoms with E-state index in [0.717, 1.165) is 17.7 Å². The summed E-state index contributed by atoms with van der Waals surface area (Å²) in [7, 11) is 0. The summed E-state index contributed by atoms with van der Waals surface area (Å²) >= 11 is 5.14. The number of hydrogen-bond acceptors (Lipinski definition) is 3. The van der Waals surface area contributed by atoms with Crippen molar-refractivity contribution in [3.05, 3.63) is 70.5 Å². The van der Waals surface area contributed by atoms with Gasteiger partial charge in [0.05, 0.1) is 11.8 Å². The molecular weight excluding hydrogens is 337 g/mol. The molecule has 0 unspecified atom stereocenters. The molecule has 1 aromatic heterocycles. The van der Waals surface area contributed by atoms with E-state index in [2.05, 4.69) is 15.3 Å². The summed E-state index contributed by atoms with van der Waals surface area (Å²) < 4.78 is 39.4. The van der Waals surface area contributed by atoms with Crippen LogP contribution in [0.15, 0.2) is 59.7 Å². The van der Waals surface area contributed by atoms with E-state index in [-0.39, 0.29) is 4.77 Å². The summed E-state index contributed by atoms with van der Waals surface area (Å²) in [4.78, 5) is 0. The first-order valence-electron chi connectivity index (χ1n) is 6.89. The van der Waals surface area contributed by atoms with Gasteiger partial charge in [0.15, 0.2) is 5.82 Å². The van der Waals surface area contributed by atoms with Gasteiger partial charge in [-0.25, -0.2) is 5.10 Å². The molecule has 0 spiro atoms. The van der Waals surface area contributed by atoms with Gasteiger partial charge in [0.1, 0.15) is 0 Å². The Hall–Kier alpha value is -2.74. The van der Waals surface area contributed by atoms with Crippen LogP contribution in [0.5, 0.6) is 0 Å². The molecule has 0 radical (unpaired) electrons. The number of nitrogens with one attached hydrogen (secondary N) is 1. The molecule has 3 aromatic rings. The Labute approximate surface area is 140 Å². The molecule has 0 fully saturated rings. The molecule has 2 aromatic carbocycles. The summed E-state index contributed by atoms with van der Waals surface area (Å²) in [5, 5.41) is 11.0. The normalized spacial score (nSPS) is 12.0. The minimum atomic E-state index is -4.36. The number of aromatic amines is 1. The molecule has 0 saturated carbocycles. The smallest absolute Gasteiger partial charge is 0.250 e. The highest BCUT2D eigenvalue weighted by atomic mass is 32.1. The Bertz CT molecular complexity index is 909. The second kappa shape index (κ2) is 6.40. The monoisotopic (exact) mass is 348 g/mol. The fraction of sp³-hybridized carbons (Fsp3) is 0.0625. The van der Waals surface area contributed by atoms with Crippen LogP contribution in [0.2, 0.25) is 0 Å². The lowest BCUT2D eigenvalue weighted by molar-refractivity contribution is -0.137. The molecule has 0 aliphatic heterocycles. The molecule has 0 aliphatic rings. The summed E-state index contributed by atoms with van der Waals surface area (Å²) in [5.41, 5.74) is 0.629. The Morgan fingerprint density at radius 3 is 2.33 bits per heavy atom. The topological polar surface area (TPSA) is 46.0 Å². The van der Waals surface area contributed by atoms with E-state index in [1.807, 2.05) is 30.3 Å². The standard InChI is InChI=1S/C16H11F3N4S/c17-16(18,19)13-8-6-11(7-9-13)10-20-23-14(21-22-15(23)24)12-4-2-1-3-5-12/h1-10H,(H,22,24)/b20-10+. The molecule has 0 bridgehead atoms. The van der Waals surface area contributed by atoms with E-state index in [1.165, 1.54) is 23.0 Å². The Balaban J connectivity index is 1.91. The molecule has 1 N–H and O–H groups in total. The number of aromatic nitrogens is 3. The SMILES string of the molecule is FC(F)(F)c1ccc(/C=N/n2c(-c3ccccc3)n[nH]c2=S)cc1. The highest BCUT2D eigenvalue weighted by Crippen LogP contribution is 2.28. The molecule has 0 saturated heterocycles. The second-order valence-corrected chi connectivity index (χ2v) is 5.28. The Morgan fingerprint density at radius 2 is 1.71 bits per heavy atom. The quantitative estimate of drug-likeness (QED) is 0.559. The van der Waals surface area contributed by atoms with Gasteiger partial charge in [0, 0.05) is 5.56 Å². The van der Waals surface area contributed by atoms with Gasteiger partial charge in [-0.15, -0.1) is 0 Å². The zero-order valence-electron chi connectivity index (χ0n) is 12.2. The fourth-order valence-electron chi connectivity index (χ4n) is 2.06. The van der Waals surface area contributed by atoms with Crippen molar-refractivity contribution in [2.24, 2.45) is 5.10 Å². The fourth-order valence-corrected chi connectivity index (χ4v) is 2.23. The van der Waals surface area contributed by atoms with Crippen LogP contribution < -0.4 is 0 Å². The molecule has 3 rings (SSSR count). The summed E-state index contributed by atoms with van der Waals surface area (Å²) in [5.74, 6) is 0.517. The third-order valence-corrected chi connectivity index (χ3v) is 3.51. The summed E-state index contributed by atoms with van der Waals surface area (Å²) in [6.07, 6.45) is -2.93. The first-order valence-corrected chi connectivity index (χ1v) is 7.30. The van der Waals surface area contributed by atoms with Gasteiger partial charge < -0.3 is 0 Å². The van der Waals surface area contributed by atoms with E-state index in [9.17, 15) is 13.2 Å². The lowest BCUT2D eigenvalue weighted by Crippen LogP contribution is -2.04. The lowest BCUT2D eigenvalue weighted by Gasteiger charge is -2.05. The maximum Gasteiger partial charge on any atom is 0.416 e. The van der Waals surface area contributed by atoms with Gasteiger partial charge in [-0.2, -0.15) is 28.0 Å². The van der Waals surface area contributed by atoms with Crippen molar-refractivity contribution >= 4 is 18.4 Å². The highest BCUT2D eigenvalue weighted by Gasteiger charge is 2.29. The van der Waals surface area contributed by atoms with Crippen molar-refractivity contribution in [3.63, 3.8) is 0 Å². The van der Waals surface area contributed by atoms with Gasteiger partial charge in [-0.05, 0) is 29.9 Å². The van der Waals surface area contributed by atoms with Gasteiger partial charge >= 0.3 is 6.18 Å². The average molecular weight is 348 g/mol. The number of benzene rings is 2. The van der Waals surface area contributed by atoms with E-state index >= 15 is 0 Å². The van der Waals surface area contributed by atoms with Crippen LogP contribution in [0.25, 0.3) is 11.4 Å². The third-order valence-electron chi connectivity index (χ3n) is 3.24. The lowest BCUT2D eigenvalue weighted by atomic mass is 10.1. The molecule has 0 atom stereocenters. The predicted octanol–water partition coefficient (Wildman–Crippen LogP) is 4.51. The van der Waals surface area contributed by atoms with Crippen molar-refractivity contribution in [2.75, 3.05) is 0 Å². The first-order chi connectivity index (χ1) is 11.4.